The maximum Gasteiger partial charge on any atom is 0.162 e. The molecule has 0 aromatic heterocycles. The summed E-state index contributed by atoms with van der Waals surface area (Å²) in [7, 11) is 1.72. The van der Waals surface area contributed by atoms with Crippen molar-refractivity contribution < 1.29 is 13.2 Å². The number of halogens is 3. The number of rotatable bonds is 4. The van der Waals surface area contributed by atoms with Crippen LogP contribution in [0.1, 0.15) is 24.2 Å². The number of alkyl halides is 1. The average molecular weight is 217 g/mol. The van der Waals surface area contributed by atoms with E-state index < -0.39 is 17.8 Å². The van der Waals surface area contributed by atoms with Crippen LogP contribution in [0.15, 0.2) is 12.1 Å². The van der Waals surface area contributed by atoms with Crippen LogP contribution in [-0.2, 0) is 6.42 Å². The fourth-order valence-corrected chi connectivity index (χ4v) is 1.34. The largest absolute Gasteiger partial charge is 0.319 e. The van der Waals surface area contributed by atoms with Crippen LogP contribution >= 0.6 is 0 Å². The minimum absolute atomic E-state index is 0.181. The lowest BCUT2D eigenvalue weighted by Crippen LogP contribution is -2.12. The molecule has 0 aliphatic carbocycles. The highest BCUT2D eigenvalue weighted by Gasteiger charge is 2.13. The molecule has 0 saturated carbocycles. The Morgan fingerprint density at radius 1 is 1.33 bits per heavy atom. The third-order valence-corrected chi connectivity index (χ3v) is 2.23. The van der Waals surface area contributed by atoms with Gasteiger partial charge in [-0.05, 0) is 50.2 Å². The van der Waals surface area contributed by atoms with E-state index in [1.54, 1.807) is 7.05 Å². The SMILES string of the molecule is CNCCc1cc(C(C)F)cc(F)c1F. The van der Waals surface area contributed by atoms with E-state index in [2.05, 4.69) is 5.32 Å². The van der Waals surface area contributed by atoms with Crippen molar-refractivity contribution in [2.45, 2.75) is 19.5 Å². The first kappa shape index (κ1) is 12.0. The zero-order valence-electron chi connectivity index (χ0n) is 8.78. The molecule has 15 heavy (non-hydrogen) atoms. The molecule has 0 saturated heterocycles. The van der Waals surface area contributed by atoms with Crippen LogP contribution in [-0.4, -0.2) is 13.6 Å². The second kappa shape index (κ2) is 5.16. The van der Waals surface area contributed by atoms with E-state index in [9.17, 15) is 13.2 Å². The van der Waals surface area contributed by atoms with Crippen molar-refractivity contribution in [3.8, 4) is 0 Å². The summed E-state index contributed by atoms with van der Waals surface area (Å²) in [6.45, 7) is 1.83. The van der Waals surface area contributed by atoms with Gasteiger partial charge in [-0.25, -0.2) is 13.2 Å². The fraction of sp³-hybridized carbons (Fsp3) is 0.455. The highest BCUT2D eigenvalue weighted by atomic mass is 19.2. The predicted octanol–water partition coefficient (Wildman–Crippen LogP) is 2.76. The molecule has 0 radical (unpaired) electrons. The zero-order valence-corrected chi connectivity index (χ0v) is 8.78. The molecule has 1 rings (SSSR count). The van der Waals surface area contributed by atoms with Gasteiger partial charge >= 0.3 is 0 Å². The van der Waals surface area contributed by atoms with E-state index in [0.717, 1.165) is 6.07 Å². The zero-order chi connectivity index (χ0) is 11.4. The number of benzene rings is 1. The quantitative estimate of drug-likeness (QED) is 0.817. The van der Waals surface area contributed by atoms with Gasteiger partial charge in [0.1, 0.15) is 6.17 Å². The maximum absolute atomic E-state index is 13.2. The summed E-state index contributed by atoms with van der Waals surface area (Å²) < 4.78 is 39.3. The van der Waals surface area contributed by atoms with Crippen molar-refractivity contribution in [3.63, 3.8) is 0 Å². The van der Waals surface area contributed by atoms with Crippen molar-refractivity contribution >= 4 is 0 Å². The molecule has 0 heterocycles. The van der Waals surface area contributed by atoms with Gasteiger partial charge < -0.3 is 5.32 Å². The van der Waals surface area contributed by atoms with E-state index in [1.807, 2.05) is 0 Å². The topological polar surface area (TPSA) is 12.0 Å². The van der Waals surface area contributed by atoms with Crippen molar-refractivity contribution in [1.82, 2.24) is 5.32 Å². The highest BCUT2D eigenvalue weighted by Crippen LogP contribution is 2.22. The molecule has 1 aromatic rings. The van der Waals surface area contributed by atoms with Gasteiger partial charge in [0.05, 0.1) is 0 Å². The minimum atomic E-state index is -1.28. The summed E-state index contributed by atoms with van der Waals surface area (Å²) in [5, 5.41) is 2.83. The summed E-state index contributed by atoms with van der Waals surface area (Å²) in [6, 6.07) is 2.28. The van der Waals surface area contributed by atoms with Crippen molar-refractivity contribution in [2.75, 3.05) is 13.6 Å². The van der Waals surface area contributed by atoms with E-state index in [1.165, 1.54) is 13.0 Å². The summed E-state index contributed by atoms with van der Waals surface area (Å²) in [5.41, 5.74) is 0.392. The van der Waals surface area contributed by atoms with Gasteiger partial charge in [-0.1, -0.05) is 0 Å². The molecule has 1 unspecified atom stereocenters. The molecule has 0 fully saturated rings. The van der Waals surface area contributed by atoms with Crippen molar-refractivity contribution in [3.05, 3.63) is 34.9 Å². The van der Waals surface area contributed by atoms with Crippen LogP contribution in [0, 0.1) is 11.6 Å². The summed E-state index contributed by atoms with van der Waals surface area (Å²) >= 11 is 0. The third-order valence-electron chi connectivity index (χ3n) is 2.23. The summed E-state index contributed by atoms with van der Waals surface area (Å²) in [5.74, 6) is -1.86. The Bertz CT molecular complexity index is 337. The van der Waals surface area contributed by atoms with Crippen LogP contribution in [0.4, 0.5) is 13.2 Å². The van der Waals surface area contributed by atoms with Crippen LogP contribution in [0.25, 0.3) is 0 Å². The molecule has 1 nitrogen and oxygen atoms in total. The Balaban J connectivity index is 3.02. The Morgan fingerprint density at radius 3 is 2.53 bits per heavy atom. The maximum atomic E-state index is 13.2. The Hall–Kier alpha value is -1.03. The first-order chi connectivity index (χ1) is 7.06. The smallest absolute Gasteiger partial charge is 0.162 e. The molecule has 4 heteroatoms. The van der Waals surface area contributed by atoms with Gasteiger partial charge in [0.15, 0.2) is 11.6 Å². The van der Waals surface area contributed by atoms with Crippen LogP contribution < -0.4 is 5.32 Å². The monoisotopic (exact) mass is 217 g/mol. The lowest BCUT2D eigenvalue weighted by atomic mass is 10.0. The van der Waals surface area contributed by atoms with Gasteiger partial charge in [-0.15, -0.1) is 0 Å². The average Bonchev–Trinajstić information content (AvgIpc) is 2.19. The second-order valence-electron chi connectivity index (χ2n) is 3.45. The van der Waals surface area contributed by atoms with Crippen molar-refractivity contribution in [1.29, 1.82) is 0 Å². The Morgan fingerprint density at radius 2 is 2.00 bits per heavy atom. The van der Waals surface area contributed by atoms with Gasteiger partial charge in [-0.3, -0.25) is 0 Å². The third kappa shape index (κ3) is 2.96. The van der Waals surface area contributed by atoms with Gasteiger partial charge in [0.2, 0.25) is 0 Å². The first-order valence-corrected chi connectivity index (χ1v) is 4.82. The van der Waals surface area contributed by atoms with E-state index in [4.69, 9.17) is 0 Å². The molecule has 84 valence electrons. The van der Waals surface area contributed by atoms with E-state index in [0.29, 0.717) is 13.0 Å². The molecular formula is C11H14F3N. The van der Waals surface area contributed by atoms with Crippen LogP contribution in [0.2, 0.25) is 0 Å². The molecule has 0 amide bonds. The van der Waals surface area contributed by atoms with Crippen LogP contribution in [0.3, 0.4) is 0 Å². The molecule has 0 aliphatic rings. The number of hydrogen-bond donors (Lipinski definition) is 1. The fourth-order valence-electron chi connectivity index (χ4n) is 1.34. The Kier molecular flexibility index (Phi) is 4.15. The standard InChI is InChI=1S/C11H14F3N/c1-7(12)9-5-8(3-4-15-2)11(14)10(13)6-9/h5-7,15H,3-4H2,1-2H3. The molecular weight excluding hydrogens is 203 g/mol. The molecule has 0 spiro atoms. The van der Waals surface area contributed by atoms with Gasteiger partial charge in [-0.2, -0.15) is 0 Å². The molecule has 0 bridgehead atoms. The first-order valence-electron chi connectivity index (χ1n) is 4.82. The highest BCUT2D eigenvalue weighted by molar-refractivity contribution is 5.28. The number of nitrogens with one attached hydrogen (secondary N) is 1. The van der Waals surface area contributed by atoms with Gasteiger partial charge in [0, 0.05) is 0 Å². The van der Waals surface area contributed by atoms with Gasteiger partial charge in [0.25, 0.3) is 0 Å². The molecule has 1 atom stereocenters. The number of likely N-dealkylation sites (N-methyl/N-ethyl adjacent to an activating group) is 1. The van der Waals surface area contributed by atoms with E-state index >= 15 is 0 Å². The predicted molar refractivity (Wildman–Crippen MR) is 53.5 cm³/mol. The molecule has 1 N–H and O–H groups in total. The lowest BCUT2D eigenvalue weighted by molar-refractivity contribution is 0.370. The number of hydrogen-bond acceptors (Lipinski definition) is 1. The normalized spacial score (nSPS) is 12.9. The summed E-state index contributed by atoms with van der Waals surface area (Å²) in [6.07, 6.45) is -0.937. The Labute approximate surface area is 87.3 Å². The second-order valence-corrected chi connectivity index (χ2v) is 3.45. The van der Waals surface area contributed by atoms with Crippen molar-refractivity contribution in [2.24, 2.45) is 0 Å². The summed E-state index contributed by atoms with van der Waals surface area (Å²) in [4.78, 5) is 0. The lowest BCUT2D eigenvalue weighted by Gasteiger charge is -2.08. The van der Waals surface area contributed by atoms with Crippen LogP contribution in [0.5, 0.6) is 0 Å². The van der Waals surface area contributed by atoms with E-state index in [-0.39, 0.29) is 11.1 Å². The molecule has 1 aromatic carbocycles. The molecule has 0 aliphatic heterocycles. The minimum Gasteiger partial charge on any atom is -0.319 e.